The first-order chi connectivity index (χ1) is 10.7. The van der Waals surface area contributed by atoms with Gasteiger partial charge >= 0.3 is 0 Å². The number of nitrogens with two attached hydrogens (primary N) is 1. The lowest BCUT2D eigenvalue weighted by atomic mass is 9.83. The molecule has 0 saturated carbocycles. The Morgan fingerprint density at radius 3 is 2.73 bits per heavy atom. The lowest BCUT2D eigenvalue weighted by Gasteiger charge is -2.47. The molecule has 0 aliphatic carbocycles. The van der Waals surface area contributed by atoms with Gasteiger partial charge in [0.2, 0.25) is 11.8 Å². The van der Waals surface area contributed by atoms with Gasteiger partial charge < -0.3 is 20.3 Å². The molecule has 2 amide bonds. The van der Waals surface area contributed by atoms with Crippen molar-refractivity contribution in [3.63, 3.8) is 0 Å². The van der Waals surface area contributed by atoms with Crippen molar-refractivity contribution in [1.29, 1.82) is 0 Å². The van der Waals surface area contributed by atoms with Gasteiger partial charge in [-0.1, -0.05) is 0 Å². The number of piperidine rings is 2. The number of ether oxygens (including phenoxy) is 1. The maximum absolute atomic E-state index is 12.7. The van der Waals surface area contributed by atoms with Gasteiger partial charge in [-0.15, -0.1) is 0 Å². The van der Waals surface area contributed by atoms with E-state index < -0.39 is 0 Å². The third-order valence-corrected chi connectivity index (χ3v) is 5.40. The zero-order valence-electron chi connectivity index (χ0n) is 13.2. The van der Waals surface area contributed by atoms with Gasteiger partial charge in [0.15, 0.2) is 0 Å². The monoisotopic (exact) mass is 309 g/mol. The Kier molecular flexibility index (Phi) is 4.98. The van der Waals surface area contributed by atoms with Crippen LogP contribution in [0.1, 0.15) is 32.1 Å². The number of likely N-dealkylation sites (tertiary alicyclic amines) is 2. The molecule has 3 heterocycles. The molecular formula is C16H27N3O3. The third-order valence-electron chi connectivity index (χ3n) is 5.40. The predicted octanol–water partition coefficient (Wildman–Crippen LogP) is 0.211. The van der Waals surface area contributed by atoms with Crippen LogP contribution in [-0.2, 0) is 14.3 Å². The van der Waals surface area contributed by atoms with Gasteiger partial charge in [-0.05, 0) is 31.6 Å². The Morgan fingerprint density at radius 1 is 1.23 bits per heavy atom. The smallest absolute Gasteiger partial charge is 0.225 e. The van der Waals surface area contributed by atoms with Crippen molar-refractivity contribution in [2.24, 2.45) is 17.6 Å². The number of amides is 2. The highest BCUT2D eigenvalue weighted by Crippen LogP contribution is 2.32. The van der Waals surface area contributed by atoms with Crippen LogP contribution in [0, 0.1) is 11.8 Å². The van der Waals surface area contributed by atoms with Crippen molar-refractivity contribution in [3.05, 3.63) is 0 Å². The first-order valence-corrected chi connectivity index (χ1v) is 8.56. The van der Waals surface area contributed by atoms with Gasteiger partial charge in [0.25, 0.3) is 0 Å². The van der Waals surface area contributed by atoms with Crippen LogP contribution in [-0.4, -0.2) is 67.0 Å². The number of carbonyl (C=O) groups excluding carboxylic acids is 2. The molecule has 2 atom stereocenters. The van der Waals surface area contributed by atoms with Crippen LogP contribution < -0.4 is 5.73 Å². The highest BCUT2D eigenvalue weighted by atomic mass is 16.5. The van der Waals surface area contributed by atoms with Gasteiger partial charge in [0.05, 0.1) is 0 Å². The zero-order chi connectivity index (χ0) is 15.5. The fourth-order valence-electron chi connectivity index (χ4n) is 4.18. The largest absolute Gasteiger partial charge is 0.381 e. The van der Waals surface area contributed by atoms with E-state index in [-0.39, 0.29) is 17.9 Å². The zero-order valence-corrected chi connectivity index (χ0v) is 13.2. The van der Waals surface area contributed by atoms with Crippen molar-refractivity contribution in [3.8, 4) is 0 Å². The summed E-state index contributed by atoms with van der Waals surface area (Å²) in [5.41, 5.74) is 5.65. The number of fused-ring (bicyclic) bond motifs is 1. The minimum absolute atomic E-state index is 0.135. The minimum Gasteiger partial charge on any atom is -0.381 e. The fourth-order valence-corrected chi connectivity index (χ4v) is 4.18. The summed E-state index contributed by atoms with van der Waals surface area (Å²) in [4.78, 5) is 28.7. The summed E-state index contributed by atoms with van der Waals surface area (Å²) in [6.45, 7) is 4.14. The van der Waals surface area contributed by atoms with Crippen LogP contribution in [0.15, 0.2) is 0 Å². The Morgan fingerprint density at radius 2 is 2.00 bits per heavy atom. The summed E-state index contributed by atoms with van der Waals surface area (Å²) in [6.07, 6.45) is 4.09. The lowest BCUT2D eigenvalue weighted by Crippen LogP contribution is -2.58. The quantitative estimate of drug-likeness (QED) is 0.809. The van der Waals surface area contributed by atoms with Gasteiger partial charge in [-0.2, -0.15) is 0 Å². The average molecular weight is 309 g/mol. The summed E-state index contributed by atoms with van der Waals surface area (Å²) >= 11 is 0. The summed E-state index contributed by atoms with van der Waals surface area (Å²) in [5.74, 6) is 1.08. The van der Waals surface area contributed by atoms with Gasteiger partial charge in [0, 0.05) is 57.8 Å². The van der Waals surface area contributed by atoms with Crippen LogP contribution in [0.4, 0.5) is 0 Å². The Labute approximate surface area is 131 Å². The van der Waals surface area contributed by atoms with Crippen molar-refractivity contribution in [2.75, 3.05) is 39.4 Å². The van der Waals surface area contributed by atoms with E-state index in [1.165, 1.54) is 0 Å². The second-order valence-corrected chi connectivity index (χ2v) is 6.70. The van der Waals surface area contributed by atoms with Crippen molar-refractivity contribution in [1.82, 2.24) is 9.80 Å². The molecule has 3 aliphatic heterocycles. The molecule has 6 heteroatoms. The third kappa shape index (κ3) is 3.13. The number of hydrogen-bond acceptors (Lipinski definition) is 4. The maximum atomic E-state index is 12.7. The van der Waals surface area contributed by atoms with E-state index in [0.717, 1.165) is 38.8 Å². The SMILES string of the molecule is NCCN1C(=O)CC[C@H]2CN(C(=O)C3CCOCC3)CC[C@H]21. The van der Waals surface area contributed by atoms with Crippen LogP contribution in [0.25, 0.3) is 0 Å². The lowest BCUT2D eigenvalue weighted by molar-refractivity contribution is -0.147. The van der Waals surface area contributed by atoms with Gasteiger partial charge in [-0.3, -0.25) is 9.59 Å². The topological polar surface area (TPSA) is 75.9 Å². The molecule has 6 nitrogen and oxygen atoms in total. The molecule has 3 fully saturated rings. The second kappa shape index (κ2) is 6.96. The van der Waals surface area contributed by atoms with Gasteiger partial charge in [0.1, 0.15) is 0 Å². The first kappa shape index (κ1) is 15.7. The Bertz CT molecular complexity index is 423. The minimum atomic E-state index is 0.135. The van der Waals surface area contributed by atoms with Crippen LogP contribution in [0.5, 0.6) is 0 Å². The van der Waals surface area contributed by atoms with Crippen molar-refractivity contribution >= 4 is 11.8 Å². The average Bonchev–Trinajstić information content (AvgIpc) is 2.57. The van der Waals surface area contributed by atoms with E-state index in [9.17, 15) is 9.59 Å². The molecule has 3 aliphatic rings. The van der Waals surface area contributed by atoms with E-state index in [0.29, 0.717) is 44.5 Å². The van der Waals surface area contributed by atoms with E-state index in [1.54, 1.807) is 0 Å². The molecule has 0 bridgehead atoms. The number of hydrogen-bond donors (Lipinski definition) is 1. The first-order valence-electron chi connectivity index (χ1n) is 8.56. The van der Waals surface area contributed by atoms with E-state index >= 15 is 0 Å². The highest BCUT2D eigenvalue weighted by Gasteiger charge is 2.40. The maximum Gasteiger partial charge on any atom is 0.225 e. The molecule has 3 saturated heterocycles. The van der Waals surface area contributed by atoms with Crippen LogP contribution in [0.3, 0.4) is 0 Å². The molecule has 0 aromatic heterocycles. The molecule has 2 N–H and O–H groups in total. The van der Waals surface area contributed by atoms with Crippen LogP contribution >= 0.6 is 0 Å². The molecule has 0 aromatic carbocycles. The molecule has 22 heavy (non-hydrogen) atoms. The Hall–Kier alpha value is -1.14. The number of rotatable bonds is 3. The summed E-state index contributed by atoms with van der Waals surface area (Å²) in [5, 5.41) is 0. The molecule has 124 valence electrons. The second-order valence-electron chi connectivity index (χ2n) is 6.70. The van der Waals surface area contributed by atoms with Crippen molar-refractivity contribution in [2.45, 2.75) is 38.1 Å². The summed E-state index contributed by atoms with van der Waals surface area (Å²) in [6, 6.07) is 0.281. The summed E-state index contributed by atoms with van der Waals surface area (Å²) < 4.78 is 5.35. The standard InChI is InChI=1S/C16H27N3O3/c17-6-8-19-14-3-7-18(11-13(14)1-2-15(19)20)16(21)12-4-9-22-10-5-12/h12-14H,1-11,17H2/t13-,14+/m0/s1. The molecule has 0 radical (unpaired) electrons. The predicted molar refractivity (Wildman–Crippen MR) is 82.0 cm³/mol. The fraction of sp³-hybridized carbons (Fsp3) is 0.875. The van der Waals surface area contributed by atoms with Crippen molar-refractivity contribution < 1.29 is 14.3 Å². The summed E-state index contributed by atoms with van der Waals surface area (Å²) in [7, 11) is 0. The molecular weight excluding hydrogens is 282 g/mol. The molecule has 0 spiro atoms. The number of carbonyl (C=O) groups is 2. The van der Waals surface area contributed by atoms with E-state index in [1.807, 2.05) is 9.80 Å². The highest BCUT2D eigenvalue weighted by molar-refractivity contribution is 5.80. The Balaban J connectivity index is 1.61. The molecule has 0 aromatic rings. The normalized spacial score (nSPS) is 30.3. The molecule has 0 unspecified atom stereocenters. The van der Waals surface area contributed by atoms with E-state index in [4.69, 9.17) is 10.5 Å². The van der Waals surface area contributed by atoms with E-state index in [2.05, 4.69) is 0 Å². The molecule has 3 rings (SSSR count). The van der Waals surface area contributed by atoms with Gasteiger partial charge in [-0.25, -0.2) is 0 Å². The van der Waals surface area contributed by atoms with Crippen LogP contribution in [0.2, 0.25) is 0 Å². The number of nitrogens with zero attached hydrogens (tertiary/aromatic N) is 2.